The van der Waals surface area contributed by atoms with Crippen molar-refractivity contribution in [3.63, 3.8) is 0 Å². The van der Waals surface area contributed by atoms with Crippen LogP contribution >= 0.6 is 12.4 Å². The van der Waals surface area contributed by atoms with Crippen LogP contribution in [0.3, 0.4) is 0 Å². The highest BCUT2D eigenvalue weighted by molar-refractivity contribution is 5.94. The molecule has 132 valence electrons. The fourth-order valence-corrected chi connectivity index (χ4v) is 2.01. The van der Waals surface area contributed by atoms with Crippen LogP contribution in [0.2, 0.25) is 0 Å². The Morgan fingerprint density at radius 3 is 2.50 bits per heavy atom. The molecule has 1 aromatic carbocycles. The van der Waals surface area contributed by atoms with Crippen molar-refractivity contribution in [3.05, 3.63) is 42.2 Å². The largest absolute Gasteiger partial charge is 0.416 e. The van der Waals surface area contributed by atoms with Gasteiger partial charge in [0.25, 0.3) is 0 Å². The molecule has 1 amide bonds. The van der Waals surface area contributed by atoms with Crippen LogP contribution in [0.15, 0.2) is 36.7 Å². The number of nitrogens with two attached hydrogens (primary N) is 1. The van der Waals surface area contributed by atoms with E-state index in [0.29, 0.717) is 17.8 Å². The van der Waals surface area contributed by atoms with Gasteiger partial charge in [-0.05, 0) is 30.7 Å². The van der Waals surface area contributed by atoms with Gasteiger partial charge in [0.05, 0.1) is 35.4 Å². The van der Waals surface area contributed by atoms with Gasteiger partial charge in [0.1, 0.15) is 0 Å². The number of hydrogen-bond acceptors (Lipinski definition) is 3. The van der Waals surface area contributed by atoms with Gasteiger partial charge in [0.2, 0.25) is 5.91 Å². The van der Waals surface area contributed by atoms with E-state index >= 15 is 0 Å². The average molecular weight is 363 g/mol. The maximum absolute atomic E-state index is 12.5. The first-order valence-electron chi connectivity index (χ1n) is 7.10. The molecule has 1 heterocycles. The van der Waals surface area contributed by atoms with Gasteiger partial charge < -0.3 is 11.1 Å². The van der Waals surface area contributed by atoms with Crippen LogP contribution in [0.25, 0.3) is 5.69 Å². The molecule has 0 saturated heterocycles. The molecular weight excluding hydrogens is 345 g/mol. The Morgan fingerprint density at radius 2 is 1.96 bits per heavy atom. The van der Waals surface area contributed by atoms with Gasteiger partial charge in [-0.15, -0.1) is 12.4 Å². The Balaban J connectivity index is 0.00000288. The average Bonchev–Trinajstić information content (AvgIpc) is 2.95. The number of benzene rings is 1. The molecule has 5 nitrogen and oxygen atoms in total. The van der Waals surface area contributed by atoms with E-state index in [9.17, 15) is 18.0 Å². The summed E-state index contributed by atoms with van der Waals surface area (Å²) in [6.07, 6.45) is -0.0944. The second-order valence-corrected chi connectivity index (χ2v) is 5.10. The van der Waals surface area contributed by atoms with Gasteiger partial charge in [-0.25, -0.2) is 4.68 Å². The number of carbonyl (C=O) groups excluding carboxylic acids is 1. The predicted molar refractivity (Wildman–Crippen MR) is 87.3 cm³/mol. The molecule has 3 N–H and O–H groups in total. The second kappa shape index (κ2) is 8.16. The molecule has 0 bridgehead atoms. The van der Waals surface area contributed by atoms with E-state index in [1.807, 2.05) is 6.92 Å². The molecule has 9 heteroatoms. The molecule has 1 unspecified atom stereocenters. The van der Waals surface area contributed by atoms with Gasteiger partial charge >= 0.3 is 6.18 Å². The minimum Gasteiger partial charge on any atom is -0.322 e. The van der Waals surface area contributed by atoms with Crippen molar-refractivity contribution in [1.29, 1.82) is 0 Å². The molecule has 0 aliphatic rings. The van der Waals surface area contributed by atoms with Crippen molar-refractivity contribution in [1.82, 2.24) is 9.78 Å². The van der Waals surface area contributed by atoms with E-state index in [2.05, 4.69) is 10.4 Å². The van der Waals surface area contributed by atoms with Crippen LogP contribution < -0.4 is 11.1 Å². The first-order chi connectivity index (χ1) is 10.8. The lowest BCUT2D eigenvalue weighted by molar-refractivity contribution is -0.137. The SMILES string of the molecule is CCCC(N)C(=O)Nc1cnn(-c2ccc(C(F)(F)F)cc2)c1.Cl. The maximum Gasteiger partial charge on any atom is 0.416 e. The quantitative estimate of drug-likeness (QED) is 0.856. The van der Waals surface area contributed by atoms with E-state index in [4.69, 9.17) is 5.73 Å². The highest BCUT2D eigenvalue weighted by atomic mass is 35.5. The highest BCUT2D eigenvalue weighted by Gasteiger charge is 2.30. The van der Waals surface area contributed by atoms with Crippen molar-refractivity contribution in [2.24, 2.45) is 5.73 Å². The molecule has 1 aromatic heterocycles. The van der Waals surface area contributed by atoms with Crippen molar-refractivity contribution in [2.75, 3.05) is 5.32 Å². The zero-order chi connectivity index (χ0) is 17.0. The van der Waals surface area contributed by atoms with Gasteiger partial charge in [0, 0.05) is 0 Å². The van der Waals surface area contributed by atoms with E-state index in [1.165, 1.54) is 29.2 Å². The second-order valence-electron chi connectivity index (χ2n) is 5.10. The summed E-state index contributed by atoms with van der Waals surface area (Å²) in [5, 5.41) is 6.64. The summed E-state index contributed by atoms with van der Waals surface area (Å²) in [6.45, 7) is 1.93. The molecule has 1 atom stereocenters. The predicted octanol–water partition coefficient (Wildman–Crippen LogP) is 3.38. The number of amides is 1. The molecule has 2 rings (SSSR count). The molecular formula is C15H18ClF3N4O. The van der Waals surface area contributed by atoms with Crippen LogP contribution in [0.4, 0.5) is 18.9 Å². The van der Waals surface area contributed by atoms with Crippen molar-refractivity contribution >= 4 is 24.0 Å². The van der Waals surface area contributed by atoms with Crippen molar-refractivity contribution in [3.8, 4) is 5.69 Å². The summed E-state index contributed by atoms with van der Waals surface area (Å²) in [5.74, 6) is -0.321. The third kappa shape index (κ3) is 4.97. The molecule has 0 radical (unpaired) electrons. The Hall–Kier alpha value is -2.06. The fourth-order valence-electron chi connectivity index (χ4n) is 2.01. The van der Waals surface area contributed by atoms with E-state index in [0.717, 1.165) is 18.6 Å². The molecule has 0 aliphatic heterocycles. The lowest BCUT2D eigenvalue weighted by atomic mass is 10.2. The molecule has 0 fully saturated rings. The first-order valence-corrected chi connectivity index (χ1v) is 7.10. The van der Waals surface area contributed by atoms with Gasteiger partial charge in [-0.2, -0.15) is 18.3 Å². The Kier molecular flexibility index (Phi) is 6.80. The number of hydrogen-bond donors (Lipinski definition) is 2. The molecule has 0 saturated carbocycles. The molecule has 0 aliphatic carbocycles. The summed E-state index contributed by atoms with van der Waals surface area (Å²) < 4.78 is 39.0. The van der Waals surface area contributed by atoms with E-state index < -0.39 is 17.8 Å². The fraction of sp³-hybridized carbons (Fsp3) is 0.333. The summed E-state index contributed by atoms with van der Waals surface area (Å²) in [7, 11) is 0. The van der Waals surface area contributed by atoms with Crippen molar-refractivity contribution in [2.45, 2.75) is 32.0 Å². The molecule has 0 spiro atoms. The van der Waals surface area contributed by atoms with E-state index in [-0.39, 0.29) is 18.3 Å². The Morgan fingerprint density at radius 1 is 1.33 bits per heavy atom. The Labute approximate surface area is 143 Å². The number of rotatable bonds is 5. The lowest BCUT2D eigenvalue weighted by Gasteiger charge is -2.09. The summed E-state index contributed by atoms with van der Waals surface area (Å²) in [5.41, 5.74) is 5.86. The topological polar surface area (TPSA) is 72.9 Å². The van der Waals surface area contributed by atoms with Gasteiger partial charge in [-0.3, -0.25) is 4.79 Å². The van der Waals surface area contributed by atoms with Crippen LogP contribution in [0, 0.1) is 0 Å². The van der Waals surface area contributed by atoms with Crippen LogP contribution in [-0.4, -0.2) is 21.7 Å². The van der Waals surface area contributed by atoms with Gasteiger partial charge in [0.15, 0.2) is 0 Å². The molecule has 2 aromatic rings. The monoisotopic (exact) mass is 362 g/mol. The van der Waals surface area contributed by atoms with Crippen LogP contribution in [0.1, 0.15) is 25.3 Å². The standard InChI is InChI=1S/C15H17F3N4O.ClH/c1-2-3-13(19)14(23)21-11-8-20-22(9-11)12-6-4-10(5-7-12)15(16,17)18;/h4-9,13H,2-3,19H2,1H3,(H,21,23);1H. The zero-order valence-electron chi connectivity index (χ0n) is 12.9. The normalized spacial score (nSPS) is 12.4. The summed E-state index contributed by atoms with van der Waals surface area (Å²) >= 11 is 0. The number of nitrogens with one attached hydrogen (secondary N) is 1. The smallest absolute Gasteiger partial charge is 0.322 e. The summed E-state index contributed by atoms with van der Waals surface area (Å²) in [6, 6.07) is 3.97. The van der Waals surface area contributed by atoms with Gasteiger partial charge in [-0.1, -0.05) is 13.3 Å². The minimum atomic E-state index is -4.38. The number of anilines is 1. The van der Waals surface area contributed by atoms with Crippen molar-refractivity contribution < 1.29 is 18.0 Å². The highest BCUT2D eigenvalue weighted by Crippen LogP contribution is 2.29. The van der Waals surface area contributed by atoms with Crippen LogP contribution in [-0.2, 0) is 11.0 Å². The lowest BCUT2D eigenvalue weighted by Crippen LogP contribution is -2.35. The third-order valence-corrected chi connectivity index (χ3v) is 3.25. The number of halogens is 4. The number of nitrogens with zero attached hydrogens (tertiary/aromatic N) is 2. The van der Waals surface area contributed by atoms with E-state index in [1.54, 1.807) is 0 Å². The Bertz CT molecular complexity index is 670. The minimum absolute atomic E-state index is 0. The number of alkyl halides is 3. The first kappa shape index (κ1) is 20.0. The van der Waals surface area contributed by atoms with Crippen LogP contribution in [0.5, 0.6) is 0 Å². The number of aromatic nitrogens is 2. The molecule has 24 heavy (non-hydrogen) atoms. The zero-order valence-corrected chi connectivity index (χ0v) is 13.7. The number of carbonyl (C=O) groups is 1. The third-order valence-electron chi connectivity index (χ3n) is 3.25. The summed E-state index contributed by atoms with van der Waals surface area (Å²) in [4.78, 5) is 11.8. The maximum atomic E-state index is 12.5.